The van der Waals surface area contributed by atoms with Gasteiger partial charge >= 0.3 is 0 Å². The second-order valence-electron chi connectivity index (χ2n) is 3.04. The van der Waals surface area contributed by atoms with E-state index in [-0.39, 0.29) is 0 Å². The fraction of sp³-hybridized carbons (Fsp3) is 0.875. The molecule has 0 aromatic carbocycles. The molecule has 4 nitrogen and oxygen atoms in total. The minimum absolute atomic E-state index is 0.429. The lowest BCUT2D eigenvalue weighted by Gasteiger charge is -2.24. The van der Waals surface area contributed by atoms with Crippen LogP contribution in [0.25, 0.3) is 0 Å². The number of nitrogens with zero attached hydrogens (tertiary/aromatic N) is 2. The van der Waals surface area contributed by atoms with Gasteiger partial charge < -0.3 is 16.5 Å². The van der Waals surface area contributed by atoms with Crippen molar-refractivity contribution in [1.29, 1.82) is 0 Å². The number of hydrogen-bond acceptors (Lipinski definition) is 2. The average molecular weight is 172 g/mol. The third kappa shape index (κ3) is 3.46. The lowest BCUT2D eigenvalue weighted by Crippen LogP contribution is -2.40. The third-order valence-electron chi connectivity index (χ3n) is 2.07. The Morgan fingerprint density at radius 3 is 2.42 bits per heavy atom. The first-order valence-corrected chi connectivity index (χ1v) is 4.43. The zero-order chi connectivity index (χ0) is 9.56. The van der Waals surface area contributed by atoms with E-state index in [0.717, 1.165) is 19.5 Å². The van der Waals surface area contributed by atoms with Crippen molar-refractivity contribution in [2.24, 2.45) is 22.6 Å². The molecule has 0 aromatic rings. The van der Waals surface area contributed by atoms with Gasteiger partial charge in [0.25, 0.3) is 0 Å². The van der Waals surface area contributed by atoms with E-state index in [2.05, 4.69) is 18.9 Å². The quantitative estimate of drug-likeness (QED) is 0.281. The summed E-state index contributed by atoms with van der Waals surface area (Å²) in [6.07, 6.45) is 1.15. The predicted octanol–water partition coefficient (Wildman–Crippen LogP) is 0.543. The number of hydrazone groups is 1. The summed E-state index contributed by atoms with van der Waals surface area (Å²) in [5, 5.41) is 3.47. The molecule has 0 aliphatic carbocycles. The van der Waals surface area contributed by atoms with Gasteiger partial charge in [-0.25, -0.2) is 0 Å². The molecular weight excluding hydrogens is 152 g/mol. The van der Waals surface area contributed by atoms with Crippen LogP contribution in [0.4, 0.5) is 0 Å². The van der Waals surface area contributed by atoms with Gasteiger partial charge in [0.15, 0.2) is 0 Å². The Balaban J connectivity index is 3.99. The lowest BCUT2D eigenvalue weighted by atomic mass is 10.1. The molecule has 0 aromatic heterocycles. The van der Waals surface area contributed by atoms with E-state index >= 15 is 0 Å². The molecule has 1 unspecified atom stereocenters. The number of guanidine groups is 1. The van der Waals surface area contributed by atoms with Gasteiger partial charge in [-0.3, -0.25) is 0 Å². The molecule has 0 radical (unpaired) electrons. The van der Waals surface area contributed by atoms with Crippen LogP contribution in [0.5, 0.6) is 0 Å². The van der Waals surface area contributed by atoms with Crippen molar-refractivity contribution < 1.29 is 0 Å². The molecule has 0 aliphatic rings. The number of hydrogen-bond donors (Lipinski definition) is 2. The minimum atomic E-state index is 0.429. The third-order valence-corrected chi connectivity index (χ3v) is 2.07. The first-order chi connectivity index (χ1) is 5.65. The zero-order valence-electron chi connectivity index (χ0n) is 8.25. The molecule has 0 saturated carbocycles. The molecule has 0 amide bonds. The highest BCUT2D eigenvalue weighted by Gasteiger charge is 2.08. The molecular formula is C8H20N4. The van der Waals surface area contributed by atoms with Crippen LogP contribution in [0.3, 0.4) is 0 Å². The highest BCUT2D eigenvalue weighted by molar-refractivity contribution is 5.77. The molecule has 0 saturated heterocycles. The predicted molar refractivity (Wildman–Crippen MR) is 52.5 cm³/mol. The van der Waals surface area contributed by atoms with Crippen molar-refractivity contribution in [1.82, 2.24) is 4.90 Å². The molecule has 0 heterocycles. The van der Waals surface area contributed by atoms with Crippen LogP contribution in [0, 0.1) is 5.92 Å². The molecule has 1 atom stereocenters. The minimum Gasteiger partial charge on any atom is -0.368 e. The van der Waals surface area contributed by atoms with E-state index in [1.165, 1.54) is 0 Å². The maximum Gasteiger partial charge on any atom is 0.213 e. The van der Waals surface area contributed by atoms with Crippen molar-refractivity contribution in [2.45, 2.75) is 27.2 Å². The van der Waals surface area contributed by atoms with Crippen molar-refractivity contribution >= 4 is 5.96 Å². The van der Waals surface area contributed by atoms with E-state index in [0.29, 0.717) is 11.9 Å². The van der Waals surface area contributed by atoms with Crippen LogP contribution in [-0.4, -0.2) is 23.9 Å². The van der Waals surface area contributed by atoms with Gasteiger partial charge in [-0.15, -0.1) is 5.10 Å². The van der Waals surface area contributed by atoms with Crippen molar-refractivity contribution in [3.63, 3.8) is 0 Å². The monoisotopic (exact) mass is 172 g/mol. The summed E-state index contributed by atoms with van der Waals surface area (Å²) in [6, 6.07) is 0. The molecule has 4 heteroatoms. The van der Waals surface area contributed by atoms with E-state index in [1.807, 2.05) is 11.8 Å². The highest BCUT2D eigenvalue weighted by atomic mass is 15.3. The molecule has 0 rings (SSSR count). The van der Waals surface area contributed by atoms with Gasteiger partial charge in [-0.05, 0) is 12.8 Å². The van der Waals surface area contributed by atoms with Gasteiger partial charge in [0.05, 0.1) is 0 Å². The molecule has 12 heavy (non-hydrogen) atoms. The molecule has 4 N–H and O–H groups in total. The normalized spacial score (nSPS) is 14.4. The Hall–Kier alpha value is -0.930. The van der Waals surface area contributed by atoms with Gasteiger partial charge in [0, 0.05) is 13.1 Å². The first kappa shape index (κ1) is 11.1. The highest BCUT2D eigenvalue weighted by Crippen LogP contribution is 2.03. The van der Waals surface area contributed by atoms with Gasteiger partial charge in [-0.1, -0.05) is 20.3 Å². The van der Waals surface area contributed by atoms with Crippen LogP contribution >= 0.6 is 0 Å². The van der Waals surface area contributed by atoms with Crippen LogP contribution in [-0.2, 0) is 0 Å². The van der Waals surface area contributed by atoms with Crippen molar-refractivity contribution in [3.05, 3.63) is 0 Å². The topological polar surface area (TPSA) is 67.6 Å². The Bertz CT molecular complexity index is 144. The summed E-state index contributed by atoms with van der Waals surface area (Å²) in [7, 11) is 0. The largest absolute Gasteiger partial charge is 0.368 e. The second-order valence-corrected chi connectivity index (χ2v) is 3.04. The SMILES string of the molecule is CCC(C)CN(CC)C(N)=NN. The summed E-state index contributed by atoms with van der Waals surface area (Å²) in [4.78, 5) is 1.98. The number of rotatable bonds is 4. The summed E-state index contributed by atoms with van der Waals surface area (Å²) in [6.45, 7) is 8.18. The summed E-state index contributed by atoms with van der Waals surface area (Å²) >= 11 is 0. The Morgan fingerprint density at radius 2 is 2.08 bits per heavy atom. The fourth-order valence-corrected chi connectivity index (χ4v) is 0.972. The zero-order valence-corrected chi connectivity index (χ0v) is 8.25. The van der Waals surface area contributed by atoms with E-state index in [4.69, 9.17) is 11.6 Å². The van der Waals surface area contributed by atoms with Crippen LogP contribution < -0.4 is 11.6 Å². The van der Waals surface area contributed by atoms with E-state index in [1.54, 1.807) is 0 Å². The Kier molecular flexibility index (Phi) is 5.25. The Labute approximate surface area is 74.6 Å². The molecule has 0 spiro atoms. The number of nitrogens with two attached hydrogens (primary N) is 2. The van der Waals surface area contributed by atoms with E-state index in [9.17, 15) is 0 Å². The molecule has 0 bridgehead atoms. The van der Waals surface area contributed by atoms with Crippen LogP contribution in [0.2, 0.25) is 0 Å². The smallest absolute Gasteiger partial charge is 0.213 e. The van der Waals surface area contributed by atoms with Gasteiger partial charge in [0.1, 0.15) is 0 Å². The average Bonchev–Trinajstić information content (AvgIpc) is 2.12. The molecule has 72 valence electrons. The van der Waals surface area contributed by atoms with Gasteiger partial charge in [0.2, 0.25) is 5.96 Å². The maximum absolute atomic E-state index is 5.58. The summed E-state index contributed by atoms with van der Waals surface area (Å²) < 4.78 is 0. The summed E-state index contributed by atoms with van der Waals surface area (Å²) in [5.74, 6) is 6.15. The standard InChI is InChI=1S/C8H20N4/c1-4-7(3)6-12(5-2)8(9)11-10/h7H,4-6,10H2,1-3H3,(H2,9,11). The lowest BCUT2D eigenvalue weighted by molar-refractivity contribution is 0.355. The second kappa shape index (κ2) is 5.69. The first-order valence-electron chi connectivity index (χ1n) is 4.43. The van der Waals surface area contributed by atoms with Crippen molar-refractivity contribution in [3.8, 4) is 0 Å². The van der Waals surface area contributed by atoms with Crippen LogP contribution in [0.15, 0.2) is 5.10 Å². The van der Waals surface area contributed by atoms with Gasteiger partial charge in [-0.2, -0.15) is 0 Å². The molecule has 0 fully saturated rings. The maximum atomic E-state index is 5.58. The summed E-state index contributed by atoms with van der Waals surface area (Å²) in [5.41, 5.74) is 5.58. The van der Waals surface area contributed by atoms with Crippen LogP contribution in [0.1, 0.15) is 27.2 Å². The van der Waals surface area contributed by atoms with E-state index < -0.39 is 0 Å². The Morgan fingerprint density at radius 1 is 1.50 bits per heavy atom. The molecule has 0 aliphatic heterocycles. The fourth-order valence-electron chi connectivity index (χ4n) is 0.972. The van der Waals surface area contributed by atoms with Crippen molar-refractivity contribution in [2.75, 3.05) is 13.1 Å².